The Morgan fingerprint density at radius 2 is 1.57 bits per heavy atom. The number of hydrogen-bond donors (Lipinski definition) is 1. The highest BCUT2D eigenvalue weighted by Gasteiger charge is 2.22. The highest BCUT2D eigenvalue weighted by atomic mass is 127. The standard InChI is InChI=1S/C21H29FN4O2S.HI/c1-16(2)26(5)29(27,28)20-12-8-17(9-13-20)14-24-21(23-3)25(4)15-18-6-10-19(22)11-7-18;/h6-13,16H,14-15H2,1-5H3,(H,23,24);1H. The van der Waals surface area contributed by atoms with Gasteiger partial charge in [-0.1, -0.05) is 24.3 Å². The molecule has 0 saturated carbocycles. The van der Waals surface area contributed by atoms with Crippen LogP contribution in [0.2, 0.25) is 0 Å². The molecule has 30 heavy (non-hydrogen) atoms. The number of hydrogen-bond acceptors (Lipinski definition) is 3. The Morgan fingerprint density at radius 1 is 1.03 bits per heavy atom. The van der Waals surface area contributed by atoms with Gasteiger partial charge in [-0.25, -0.2) is 12.8 Å². The van der Waals surface area contributed by atoms with Crippen molar-refractivity contribution in [2.75, 3.05) is 21.1 Å². The van der Waals surface area contributed by atoms with Crippen LogP contribution in [0, 0.1) is 5.82 Å². The first-order valence-electron chi connectivity index (χ1n) is 9.38. The summed E-state index contributed by atoms with van der Waals surface area (Å²) in [5.74, 6) is 0.425. The lowest BCUT2D eigenvalue weighted by Crippen LogP contribution is -2.38. The van der Waals surface area contributed by atoms with E-state index in [-0.39, 0.29) is 40.7 Å². The van der Waals surface area contributed by atoms with E-state index in [1.54, 1.807) is 50.5 Å². The van der Waals surface area contributed by atoms with Crippen LogP contribution in [-0.2, 0) is 23.1 Å². The lowest BCUT2D eigenvalue weighted by atomic mass is 10.2. The normalized spacial score (nSPS) is 12.1. The second-order valence-electron chi connectivity index (χ2n) is 7.14. The third-order valence-electron chi connectivity index (χ3n) is 4.68. The molecule has 0 fully saturated rings. The fourth-order valence-electron chi connectivity index (χ4n) is 2.73. The molecule has 0 aliphatic rings. The molecule has 1 N–H and O–H groups in total. The second kappa shape index (κ2) is 11.6. The van der Waals surface area contributed by atoms with Gasteiger partial charge in [-0.05, 0) is 49.2 Å². The SMILES string of the molecule is CN=C(NCc1ccc(S(=O)(=O)N(C)C(C)C)cc1)N(C)Cc1ccc(F)cc1.I. The predicted octanol–water partition coefficient (Wildman–Crippen LogP) is 3.68. The van der Waals surface area contributed by atoms with Crippen molar-refractivity contribution >= 4 is 40.0 Å². The van der Waals surface area contributed by atoms with Gasteiger partial charge in [0.2, 0.25) is 10.0 Å². The van der Waals surface area contributed by atoms with Crippen molar-refractivity contribution in [2.24, 2.45) is 4.99 Å². The Morgan fingerprint density at radius 3 is 2.07 bits per heavy atom. The topological polar surface area (TPSA) is 65.0 Å². The molecule has 0 bridgehead atoms. The largest absolute Gasteiger partial charge is 0.352 e. The van der Waals surface area contributed by atoms with E-state index in [0.29, 0.717) is 19.0 Å². The molecule has 0 aliphatic carbocycles. The molecule has 6 nitrogen and oxygen atoms in total. The Kier molecular flexibility index (Phi) is 10.2. The zero-order valence-electron chi connectivity index (χ0n) is 18.0. The first-order valence-corrected chi connectivity index (χ1v) is 10.8. The molecular formula is C21H30FIN4O2S. The molecule has 0 amide bonds. The molecule has 0 saturated heterocycles. The van der Waals surface area contributed by atoms with E-state index in [4.69, 9.17) is 0 Å². The average molecular weight is 548 g/mol. The number of rotatable bonds is 7. The van der Waals surface area contributed by atoms with Gasteiger partial charge in [0.05, 0.1) is 4.90 Å². The van der Waals surface area contributed by atoms with Gasteiger partial charge in [0.1, 0.15) is 5.82 Å². The lowest BCUT2D eigenvalue weighted by molar-refractivity contribution is 0.410. The number of sulfonamides is 1. The van der Waals surface area contributed by atoms with Gasteiger partial charge in [0, 0.05) is 40.3 Å². The average Bonchev–Trinajstić information content (AvgIpc) is 2.69. The maximum absolute atomic E-state index is 13.1. The summed E-state index contributed by atoms with van der Waals surface area (Å²) in [4.78, 5) is 6.48. The van der Waals surface area contributed by atoms with E-state index in [2.05, 4.69) is 10.3 Å². The molecular weight excluding hydrogens is 518 g/mol. The maximum atomic E-state index is 13.1. The molecule has 0 radical (unpaired) electrons. The number of aliphatic imine (C=N–C) groups is 1. The van der Waals surface area contributed by atoms with Gasteiger partial charge >= 0.3 is 0 Å². The Hall–Kier alpha value is -1.72. The van der Waals surface area contributed by atoms with Crippen molar-refractivity contribution in [3.63, 3.8) is 0 Å². The van der Waals surface area contributed by atoms with E-state index >= 15 is 0 Å². The molecule has 0 aromatic heterocycles. The summed E-state index contributed by atoms with van der Waals surface area (Å²) in [6, 6.07) is 13.1. The van der Waals surface area contributed by atoms with Crippen LogP contribution in [-0.4, -0.2) is 50.8 Å². The van der Waals surface area contributed by atoms with Gasteiger partial charge in [-0.3, -0.25) is 4.99 Å². The van der Waals surface area contributed by atoms with E-state index in [9.17, 15) is 12.8 Å². The molecule has 0 spiro atoms. The molecule has 9 heteroatoms. The van der Waals surface area contributed by atoms with Gasteiger partial charge in [-0.2, -0.15) is 4.31 Å². The second-order valence-corrected chi connectivity index (χ2v) is 9.14. The van der Waals surface area contributed by atoms with Crippen LogP contribution in [0.1, 0.15) is 25.0 Å². The van der Waals surface area contributed by atoms with Gasteiger partial charge < -0.3 is 10.2 Å². The number of guanidine groups is 1. The summed E-state index contributed by atoms with van der Waals surface area (Å²) in [5.41, 5.74) is 1.91. The summed E-state index contributed by atoms with van der Waals surface area (Å²) in [7, 11) is 1.69. The minimum atomic E-state index is -3.49. The zero-order chi connectivity index (χ0) is 21.6. The highest BCUT2D eigenvalue weighted by Crippen LogP contribution is 2.17. The molecule has 2 rings (SSSR count). The minimum absolute atomic E-state index is 0. The third-order valence-corrected chi connectivity index (χ3v) is 6.73. The van der Waals surface area contributed by atoms with Crippen LogP contribution in [0.3, 0.4) is 0 Å². The molecule has 0 aliphatic heterocycles. The first kappa shape index (κ1) is 26.3. The van der Waals surface area contributed by atoms with Crippen molar-refractivity contribution in [1.82, 2.24) is 14.5 Å². The molecule has 2 aromatic rings. The number of nitrogens with one attached hydrogen (secondary N) is 1. The summed E-state index contributed by atoms with van der Waals surface area (Å²) < 4.78 is 39.5. The Bertz CT molecular complexity index is 932. The summed E-state index contributed by atoms with van der Waals surface area (Å²) in [6.45, 7) is 4.76. The summed E-state index contributed by atoms with van der Waals surface area (Å²) in [5, 5.41) is 3.26. The van der Waals surface area contributed by atoms with E-state index < -0.39 is 10.0 Å². The fourth-order valence-corrected chi connectivity index (χ4v) is 4.10. The van der Waals surface area contributed by atoms with Crippen LogP contribution in [0.5, 0.6) is 0 Å². The van der Waals surface area contributed by atoms with E-state index in [1.807, 2.05) is 25.8 Å². The third kappa shape index (κ3) is 6.92. The van der Waals surface area contributed by atoms with E-state index in [1.165, 1.54) is 16.4 Å². The highest BCUT2D eigenvalue weighted by molar-refractivity contribution is 14.0. The van der Waals surface area contributed by atoms with Crippen molar-refractivity contribution < 1.29 is 12.8 Å². The predicted molar refractivity (Wildman–Crippen MR) is 130 cm³/mol. The lowest BCUT2D eigenvalue weighted by Gasteiger charge is -2.22. The number of halogens is 2. The molecule has 0 atom stereocenters. The van der Waals surface area contributed by atoms with Gasteiger partial charge in [0.25, 0.3) is 0 Å². The van der Waals surface area contributed by atoms with Crippen LogP contribution in [0.4, 0.5) is 4.39 Å². The monoisotopic (exact) mass is 548 g/mol. The van der Waals surface area contributed by atoms with Crippen molar-refractivity contribution in [3.8, 4) is 0 Å². The quantitative estimate of drug-likeness (QED) is 0.326. The molecule has 0 unspecified atom stereocenters. The van der Waals surface area contributed by atoms with Crippen LogP contribution < -0.4 is 5.32 Å². The molecule has 2 aromatic carbocycles. The smallest absolute Gasteiger partial charge is 0.243 e. The summed E-state index contributed by atoms with van der Waals surface area (Å²) >= 11 is 0. The first-order chi connectivity index (χ1) is 13.6. The Balaban J connectivity index is 0.00000450. The molecule has 166 valence electrons. The Labute approximate surface area is 196 Å². The van der Waals surface area contributed by atoms with Crippen LogP contribution in [0.25, 0.3) is 0 Å². The zero-order valence-corrected chi connectivity index (χ0v) is 21.1. The van der Waals surface area contributed by atoms with Crippen molar-refractivity contribution in [1.29, 1.82) is 0 Å². The summed E-state index contributed by atoms with van der Waals surface area (Å²) in [6.07, 6.45) is 0. The van der Waals surface area contributed by atoms with Crippen molar-refractivity contribution in [2.45, 2.75) is 37.9 Å². The van der Waals surface area contributed by atoms with Crippen LogP contribution in [0.15, 0.2) is 58.4 Å². The maximum Gasteiger partial charge on any atom is 0.243 e. The minimum Gasteiger partial charge on any atom is -0.352 e. The number of benzene rings is 2. The molecule has 0 heterocycles. The number of nitrogens with zero attached hydrogens (tertiary/aromatic N) is 3. The fraction of sp³-hybridized carbons (Fsp3) is 0.381. The van der Waals surface area contributed by atoms with Crippen molar-refractivity contribution in [3.05, 3.63) is 65.5 Å². The van der Waals surface area contributed by atoms with E-state index in [0.717, 1.165) is 11.1 Å². The van der Waals surface area contributed by atoms with Gasteiger partial charge in [-0.15, -0.1) is 24.0 Å². The van der Waals surface area contributed by atoms with Gasteiger partial charge in [0.15, 0.2) is 5.96 Å². The van der Waals surface area contributed by atoms with Crippen LogP contribution >= 0.6 is 24.0 Å².